The Bertz CT molecular complexity index is 1050. The van der Waals surface area contributed by atoms with Crippen LogP contribution >= 0.6 is 0 Å². The normalized spacial score (nSPS) is 12.2. The van der Waals surface area contributed by atoms with Gasteiger partial charge in [0, 0.05) is 0 Å². The average Bonchev–Trinajstić information content (AvgIpc) is 3.04. The molecule has 0 saturated carbocycles. The SMILES string of the molecule is Nc1nc2cccc(Cc3ccccc3)c2n1CC(O)COc1ccccc1. The van der Waals surface area contributed by atoms with Gasteiger partial charge in [-0.15, -0.1) is 0 Å². The topological polar surface area (TPSA) is 73.3 Å². The van der Waals surface area contributed by atoms with E-state index in [1.165, 1.54) is 5.56 Å². The Labute approximate surface area is 164 Å². The van der Waals surface area contributed by atoms with Gasteiger partial charge in [-0.3, -0.25) is 0 Å². The van der Waals surface area contributed by atoms with Crippen LogP contribution < -0.4 is 10.5 Å². The number of fused-ring (bicyclic) bond motifs is 1. The van der Waals surface area contributed by atoms with Gasteiger partial charge >= 0.3 is 0 Å². The minimum absolute atomic E-state index is 0.185. The van der Waals surface area contributed by atoms with Gasteiger partial charge in [-0.05, 0) is 35.7 Å². The molecule has 4 rings (SSSR count). The number of aliphatic hydroxyl groups excluding tert-OH is 1. The van der Waals surface area contributed by atoms with Crippen LogP contribution in [0.2, 0.25) is 0 Å². The van der Waals surface area contributed by atoms with Gasteiger partial charge in [-0.2, -0.15) is 0 Å². The van der Waals surface area contributed by atoms with E-state index in [2.05, 4.69) is 23.2 Å². The molecule has 1 atom stereocenters. The van der Waals surface area contributed by atoms with Crippen LogP contribution in [-0.2, 0) is 13.0 Å². The van der Waals surface area contributed by atoms with E-state index in [1.54, 1.807) is 0 Å². The molecule has 4 aromatic rings. The molecule has 0 aliphatic rings. The Kier molecular flexibility index (Phi) is 5.26. The fourth-order valence-electron chi connectivity index (χ4n) is 3.39. The van der Waals surface area contributed by atoms with E-state index in [-0.39, 0.29) is 6.61 Å². The highest BCUT2D eigenvalue weighted by atomic mass is 16.5. The molecule has 0 bridgehead atoms. The predicted octanol–water partition coefficient (Wildman–Crippen LogP) is 3.65. The molecule has 0 fully saturated rings. The van der Waals surface area contributed by atoms with E-state index in [0.29, 0.717) is 12.5 Å². The molecule has 0 aliphatic heterocycles. The monoisotopic (exact) mass is 373 g/mol. The first-order valence-electron chi connectivity index (χ1n) is 9.34. The molecule has 3 N–H and O–H groups in total. The minimum Gasteiger partial charge on any atom is -0.491 e. The number of benzene rings is 3. The largest absolute Gasteiger partial charge is 0.491 e. The lowest BCUT2D eigenvalue weighted by Crippen LogP contribution is -2.24. The number of hydrogen-bond acceptors (Lipinski definition) is 4. The van der Waals surface area contributed by atoms with Gasteiger partial charge in [0.15, 0.2) is 0 Å². The summed E-state index contributed by atoms with van der Waals surface area (Å²) in [5, 5.41) is 10.5. The number of nitrogens with two attached hydrogens (primary N) is 1. The number of ether oxygens (including phenoxy) is 1. The second-order valence-electron chi connectivity index (χ2n) is 6.81. The van der Waals surface area contributed by atoms with Crippen molar-refractivity contribution in [2.75, 3.05) is 12.3 Å². The van der Waals surface area contributed by atoms with Crippen molar-refractivity contribution in [2.24, 2.45) is 0 Å². The van der Waals surface area contributed by atoms with Crippen molar-refractivity contribution in [1.29, 1.82) is 0 Å². The summed E-state index contributed by atoms with van der Waals surface area (Å²) in [5.74, 6) is 1.13. The van der Waals surface area contributed by atoms with Crippen LogP contribution in [0.15, 0.2) is 78.9 Å². The van der Waals surface area contributed by atoms with Crippen molar-refractivity contribution in [2.45, 2.75) is 19.1 Å². The molecule has 5 nitrogen and oxygen atoms in total. The number of nitrogens with zero attached hydrogens (tertiary/aromatic N) is 2. The Morgan fingerprint density at radius 3 is 2.39 bits per heavy atom. The van der Waals surface area contributed by atoms with Crippen LogP contribution in [-0.4, -0.2) is 27.4 Å². The van der Waals surface area contributed by atoms with Crippen molar-refractivity contribution >= 4 is 17.0 Å². The lowest BCUT2D eigenvalue weighted by atomic mass is 10.0. The Hall–Kier alpha value is -3.31. The third-order valence-electron chi connectivity index (χ3n) is 4.70. The first-order valence-corrected chi connectivity index (χ1v) is 9.34. The van der Waals surface area contributed by atoms with Crippen molar-refractivity contribution in [3.63, 3.8) is 0 Å². The van der Waals surface area contributed by atoms with Crippen LogP contribution in [0.5, 0.6) is 5.75 Å². The molecule has 0 spiro atoms. The molecule has 5 heteroatoms. The second-order valence-corrected chi connectivity index (χ2v) is 6.81. The summed E-state index contributed by atoms with van der Waals surface area (Å²) in [6, 6.07) is 25.8. The van der Waals surface area contributed by atoms with Gasteiger partial charge in [-0.1, -0.05) is 60.7 Å². The summed E-state index contributed by atoms with van der Waals surface area (Å²) in [6.07, 6.45) is 0.0737. The van der Waals surface area contributed by atoms with Crippen molar-refractivity contribution in [3.8, 4) is 5.75 Å². The Morgan fingerprint density at radius 1 is 0.929 bits per heavy atom. The molecule has 28 heavy (non-hydrogen) atoms. The Balaban J connectivity index is 1.57. The second kappa shape index (κ2) is 8.15. The van der Waals surface area contributed by atoms with Crippen LogP contribution in [0.4, 0.5) is 5.95 Å². The fraction of sp³-hybridized carbons (Fsp3) is 0.174. The summed E-state index contributed by atoms with van der Waals surface area (Å²) in [6.45, 7) is 0.505. The molecule has 0 amide bonds. The van der Waals surface area contributed by atoms with E-state index in [4.69, 9.17) is 10.5 Å². The van der Waals surface area contributed by atoms with Crippen LogP contribution in [0.3, 0.4) is 0 Å². The fourth-order valence-corrected chi connectivity index (χ4v) is 3.39. The van der Waals surface area contributed by atoms with E-state index in [0.717, 1.165) is 28.8 Å². The van der Waals surface area contributed by atoms with Crippen molar-refractivity contribution < 1.29 is 9.84 Å². The number of rotatable bonds is 7. The molecule has 1 unspecified atom stereocenters. The maximum atomic E-state index is 10.5. The highest BCUT2D eigenvalue weighted by Gasteiger charge is 2.16. The zero-order chi connectivity index (χ0) is 19.3. The lowest BCUT2D eigenvalue weighted by Gasteiger charge is -2.16. The van der Waals surface area contributed by atoms with Crippen LogP contribution in [0, 0.1) is 0 Å². The van der Waals surface area contributed by atoms with Gasteiger partial charge < -0.3 is 20.1 Å². The third kappa shape index (κ3) is 4.00. The third-order valence-corrected chi connectivity index (χ3v) is 4.70. The average molecular weight is 373 g/mol. The minimum atomic E-state index is -0.704. The molecule has 142 valence electrons. The molecular formula is C23H23N3O2. The highest BCUT2D eigenvalue weighted by molar-refractivity contribution is 5.82. The Morgan fingerprint density at radius 2 is 1.64 bits per heavy atom. The number of nitrogen functional groups attached to an aromatic ring is 1. The zero-order valence-corrected chi connectivity index (χ0v) is 15.5. The number of anilines is 1. The molecule has 0 radical (unpaired) electrons. The molecule has 1 aromatic heterocycles. The number of aromatic nitrogens is 2. The summed E-state index contributed by atoms with van der Waals surface area (Å²) < 4.78 is 7.55. The quantitative estimate of drug-likeness (QED) is 0.519. The zero-order valence-electron chi connectivity index (χ0n) is 15.5. The van der Waals surface area contributed by atoms with Crippen LogP contribution in [0.1, 0.15) is 11.1 Å². The summed E-state index contributed by atoms with van der Waals surface area (Å²) in [4.78, 5) is 4.48. The van der Waals surface area contributed by atoms with Crippen molar-refractivity contribution in [3.05, 3.63) is 90.0 Å². The number of para-hydroxylation sites is 2. The molecular weight excluding hydrogens is 350 g/mol. The summed E-state index contributed by atoms with van der Waals surface area (Å²) in [5.41, 5.74) is 10.3. The maximum Gasteiger partial charge on any atom is 0.201 e. The molecule has 1 heterocycles. The summed E-state index contributed by atoms with van der Waals surface area (Å²) in [7, 11) is 0. The maximum absolute atomic E-state index is 10.5. The van der Waals surface area contributed by atoms with Gasteiger partial charge in [0.2, 0.25) is 5.95 Å². The van der Waals surface area contributed by atoms with Gasteiger partial charge in [0.05, 0.1) is 17.6 Å². The number of hydrogen-bond donors (Lipinski definition) is 2. The first kappa shape index (κ1) is 18.1. The number of aliphatic hydroxyl groups is 1. The summed E-state index contributed by atoms with van der Waals surface area (Å²) >= 11 is 0. The van der Waals surface area contributed by atoms with E-state index in [1.807, 2.05) is 65.2 Å². The first-order chi connectivity index (χ1) is 13.7. The van der Waals surface area contributed by atoms with E-state index < -0.39 is 6.10 Å². The molecule has 3 aromatic carbocycles. The van der Waals surface area contributed by atoms with E-state index in [9.17, 15) is 5.11 Å². The molecule has 0 aliphatic carbocycles. The number of imidazole rings is 1. The van der Waals surface area contributed by atoms with Gasteiger partial charge in [-0.25, -0.2) is 4.98 Å². The van der Waals surface area contributed by atoms with Crippen molar-refractivity contribution in [1.82, 2.24) is 9.55 Å². The van der Waals surface area contributed by atoms with E-state index >= 15 is 0 Å². The van der Waals surface area contributed by atoms with Crippen LogP contribution in [0.25, 0.3) is 11.0 Å². The standard InChI is InChI=1S/C23H23N3O2/c24-23-25-21-13-7-10-18(14-17-8-3-1-4-9-17)22(21)26(23)15-19(27)16-28-20-11-5-2-6-12-20/h1-13,19,27H,14-16H2,(H2,24,25). The van der Waals surface area contributed by atoms with Gasteiger partial charge in [0.25, 0.3) is 0 Å². The smallest absolute Gasteiger partial charge is 0.201 e. The highest BCUT2D eigenvalue weighted by Crippen LogP contribution is 2.24. The molecule has 0 saturated heterocycles. The lowest BCUT2D eigenvalue weighted by molar-refractivity contribution is 0.0939. The van der Waals surface area contributed by atoms with Gasteiger partial charge in [0.1, 0.15) is 18.5 Å². The predicted molar refractivity (Wildman–Crippen MR) is 111 cm³/mol.